The normalized spacial score (nSPS) is 11.2. The Kier molecular flexibility index (Phi) is 4.05. The monoisotopic (exact) mass is 382 g/mol. The fourth-order valence-corrected chi connectivity index (χ4v) is 3.34. The van der Waals surface area contributed by atoms with E-state index in [-0.39, 0.29) is 5.43 Å². The molecule has 5 aromatic rings. The summed E-state index contributed by atoms with van der Waals surface area (Å²) in [7, 11) is 0. The number of nitrogens with zero attached hydrogens (tertiary/aromatic N) is 4. The van der Waals surface area contributed by atoms with Crippen LogP contribution in [0.3, 0.4) is 0 Å². The van der Waals surface area contributed by atoms with Gasteiger partial charge in [0.1, 0.15) is 0 Å². The SMILES string of the molecule is CCc1ccc(-n2ccc(=O)c3cnc(Nc4ccc5cn[nH]c5c4)nc32)cc1. The molecule has 0 saturated carbocycles. The van der Waals surface area contributed by atoms with Crippen molar-refractivity contribution < 1.29 is 0 Å². The van der Waals surface area contributed by atoms with Crippen LogP contribution in [0.2, 0.25) is 0 Å². The molecule has 0 aliphatic carbocycles. The Hall–Kier alpha value is -4.00. The zero-order valence-electron chi connectivity index (χ0n) is 15.8. The lowest BCUT2D eigenvalue weighted by atomic mass is 10.1. The van der Waals surface area contributed by atoms with Gasteiger partial charge in [0, 0.05) is 35.2 Å². The smallest absolute Gasteiger partial charge is 0.229 e. The lowest BCUT2D eigenvalue weighted by Crippen LogP contribution is -2.10. The summed E-state index contributed by atoms with van der Waals surface area (Å²) in [6.07, 6.45) is 6.06. The summed E-state index contributed by atoms with van der Waals surface area (Å²) in [5.74, 6) is 0.417. The van der Waals surface area contributed by atoms with E-state index in [4.69, 9.17) is 0 Å². The van der Waals surface area contributed by atoms with Gasteiger partial charge in [0.25, 0.3) is 0 Å². The van der Waals surface area contributed by atoms with Gasteiger partial charge in [0.15, 0.2) is 11.1 Å². The fraction of sp³-hybridized carbons (Fsp3) is 0.0909. The highest BCUT2D eigenvalue weighted by atomic mass is 16.1. The van der Waals surface area contributed by atoms with Crippen molar-refractivity contribution in [2.45, 2.75) is 13.3 Å². The van der Waals surface area contributed by atoms with Crippen molar-refractivity contribution in [3.8, 4) is 5.69 Å². The molecule has 0 spiro atoms. The summed E-state index contributed by atoms with van der Waals surface area (Å²) < 4.78 is 1.90. The molecular formula is C22H18N6O. The van der Waals surface area contributed by atoms with Crippen LogP contribution in [0.1, 0.15) is 12.5 Å². The highest BCUT2D eigenvalue weighted by Crippen LogP contribution is 2.21. The van der Waals surface area contributed by atoms with Crippen molar-refractivity contribution in [3.63, 3.8) is 0 Å². The molecule has 0 amide bonds. The van der Waals surface area contributed by atoms with Crippen molar-refractivity contribution in [2.24, 2.45) is 0 Å². The third-order valence-electron chi connectivity index (χ3n) is 4.96. The predicted octanol–water partition coefficient (Wildman–Crippen LogP) is 3.96. The van der Waals surface area contributed by atoms with Gasteiger partial charge in [-0.1, -0.05) is 19.1 Å². The van der Waals surface area contributed by atoms with E-state index in [1.165, 1.54) is 5.56 Å². The average molecular weight is 382 g/mol. The summed E-state index contributed by atoms with van der Waals surface area (Å²) in [5.41, 5.74) is 4.40. The molecule has 5 rings (SSSR count). The van der Waals surface area contributed by atoms with E-state index in [9.17, 15) is 4.79 Å². The van der Waals surface area contributed by atoms with E-state index in [0.717, 1.165) is 28.7 Å². The number of fused-ring (bicyclic) bond motifs is 2. The summed E-state index contributed by atoms with van der Waals surface area (Å²) in [6, 6.07) is 15.6. The van der Waals surface area contributed by atoms with E-state index in [2.05, 4.69) is 44.5 Å². The first kappa shape index (κ1) is 17.1. The summed E-state index contributed by atoms with van der Waals surface area (Å²) in [4.78, 5) is 21.3. The van der Waals surface area contributed by atoms with Gasteiger partial charge in [-0.2, -0.15) is 10.1 Å². The van der Waals surface area contributed by atoms with Gasteiger partial charge in [-0.25, -0.2) is 4.98 Å². The molecule has 7 nitrogen and oxygen atoms in total. The minimum Gasteiger partial charge on any atom is -0.324 e. The Balaban J connectivity index is 1.59. The van der Waals surface area contributed by atoms with E-state index in [0.29, 0.717) is 17.0 Å². The number of benzene rings is 2. The van der Waals surface area contributed by atoms with Gasteiger partial charge in [-0.3, -0.25) is 9.89 Å². The Morgan fingerprint density at radius 1 is 1.07 bits per heavy atom. The number of aryl methyl sites for hydroxylation is 1. The molecule has 0 aliphatic heterocycles. The fourth-order valence-electron chi connectivity index (χ4n) is 3.34. The number of rotatable bonds is 4. The van der Waals surface area contributed by atoms with Crippen LogP contribution < -0.4 is 10.7 Å². The van der Waals surface area contributed by atoms with Gasteiger partial charge in [-0.15, -0.1) is 0 Å². The van der Waals surface area contributed by atoms with E-state index < -0.39 is 0 Å². The van der Waals surface area contributed by atoms with Crippen molar-refractivity contribution in [1.29, 1.82) is 0 Å². The maximum Gasteiger partial charge on any atom is 0.229 e. The zero-order chi connectivity index (χ0) is 19.8. The molecule has 3 heterocycles. The van der Waals surface area contributed by atoms with Crippen molar-refractivity contribution >= 4 is 33.6 Å². The topological polar surface area (TPSA) is 88.5 Å². The number of nitrogens with one attached hydrogen (secondary N) is 2. The molecule has 0 bridgehead atoms. The number of pyridine rings is 1. The van der Waals surface area contributed by atoms with Crippen LogP contribution >= 0.6 is 0 Å². The van der Waals surface area contributed by atoms with Gasteiger partial charge in [0.2, 0.25) is 5.95 Å². The van der Waals surface area contributed by atoms with Gasteiger partial charge in [-0.05, 0) is 42.3 Å². The standard InChI is InChI=1S/C22H18N6O/c1-2-14-3-7-17(8-4-14)28-10-9-20(29)18-13-23-22(26-21(18)28)25-16-6-5-15-12-24-27-19(15)11-16/h3-13H,2H2,1H3,(H,24,27)(H,23,25,26). The Labute approximate surface area is 166 Å². The van der Waals surface area contributed by atoms with E-state index in [1.54, 1.807) is 24.7 Å². The molecule has 0 atom stereocenters. The van der Waals surface area contributed by atoms with Crippen LogP contribution in [0.4, 0.5) is 11.6 Å². The van der Waals surface area contributed by atoms with Crippen molar-refractivity contribution in [3.05, 3.63) is 82.9 Å². The third kappa shape index (κ3) is 3.12. The van der Waals surface area contributed by atoms with Gasteiger partial charge in [0.05, 0.1) is 17.1 Å². The van der Waals surface area contributed by atoms with Gasteiger partial charge < -0.3 is 9.88 Å². The van der Waals surface area contributed by atoms with E-state index >= 15 is 0 Å². The average Bonchev–Trinajstić information content (AvgIpc) is 3.22. The molecule has 2 N–H and O–H groups in total. The van der Waals surface area contributed by atoms with Crippen LogP contribution in [0.25, 0.3) is 27.6 Å². The predicted molar refractivity (Wildman–Crippen MR) is 114 cm³/mol. The first-order valence-electron chi connectivity index (χ1n) is 9.39. The van der Waals surface area contributed by atoms with Crippen LogP contribution in [-0.4, -0.2) is 24.7 Å². The van der Waals surface area contributed by atoms with Crippen LogP contribution in [0.5, 0.6) is 0 Å². The maximum absolute atomic E-state index is 12.3. The molecule has 7 heteroatoms. The molecule has 0 aliphatic rings. The molecule has 0 radical (unpaired) electrons. The number of H-pyrrole nitrogens is 1. The maximum atomic E-state index is 12.3. The molecule has 142 valence electrons. The van der Waals surface area contributed by atoms with Crippen molar-refractivity contribution in [1.82, 2.24) is 24.7 Å². The summed E-state index contributed by atoms with van der Waals surface area (Å²) >= 11 is 0. The first-order valence-corrected chi connectivity index (χ1v) is 9.39. The second kappa shape index (κ2) is 6.87. The number of anilines is 2. The Morgan fingerprint density at radius 2 is 1.93 bits per heavy atom. The lowest BCUT2D eigenvalue weighted by molar-refractivity contribution is 1.04. The largest absolute Gasteiger partial charge is 0.324 e. The minimum atomic E-state index is -0.105. The van der Waals surface area contributed by atoms with Crippen molar-refractivity contribution in [2.75, 3.05) is 5.32 Å². The second-order valence-corrected chi connectivity index (χ2v) is 6.80. The lowest BCUT2D eigenvalue weighted by Gasteiger charge is -2.12. The number of aromatic nitrogens is 5. The quantitative estimate of drug-likeness (QED) is 0.491. The number of hydrogen-bond donors (Lipinski definition) is 2. The minimum absolute atomic E-state index is 0.105. The van der Waals surface area contributed by atoms with Crippen LogP contribution in [0, 0.1) is 0 Å². The molecule has 2 aromatic carbocycles. The molecule has 29 heavy (non-hydrogen) atoms. The first-order chi connectivity index (χ1) is 14.2. The molecular weight excluding hydrogens is 364 g/mol. The second-order valence-electron chi connectivity index (χ2n) is 6.80. The summed E-state index contributed by atoms with van der Waals surface area (Å²) in [5, 5.41) is 11.7. The zero-order valence-corrected chi connectivity index (χ0v) is 15.8. The van der Waals surface area contributed by atoms with E-state index in [1.807, 2.05) is 34.9 Å². The molecule has 3 aromatic heterocycles. The van der Waals surface area contributed by atoms with Gasteiger partial charge >= 0.3 is 0 Å². The highest BCUT2D eigenvalue weighted by molar-refractivity contribution is 5.83. The molecule has 0 fully saturated rings. The highest BCUT2D eigenvalue weighted by Gasteiger charge is 2.09. The summed E-state index contributed by atoms with van der Waals surface area (Å²) in [6.45, 7) is 2.12. The number of aromatic amines is 1. The Bertz CT molecular complexity index is 1380. The third-order valence-corrected chi connectivity index (χ3v) is 4.96. The number of hydrogen-bond acceptors (Lipinski definition) is 5. The van der Waals surface area contributed by atoms with Crippen LogP contribution in [-0.2, 0) is 6.42 Å². The Morgan fingerprint density at radius 3 is 2.76 bits per heavy atom. The molecule has 0 saturated heterocycles. The van der Waals surface area contributed by atoms with Crippen LogP contribution in [0.15, 0.2) is 71.9 Å². The molecule has 0 unspecified atom stereocenters.